The van der Waals surface area contributed by atoms with Gasteiger partial charge in [0.1, 0.15) is 5.52 Å². The van der Waals surface area contributed by atoms with Crippen molar-refractivity contribution >= 4 is 22.9 Å². The molecule has 3 rings (SSSR count). The van der Waals surface area contributed by atoms with Crippen LogP contribution < -0.4 is 10.2 Å². The summed E-state index contributed by atoms with van der Waals surface area (Å²) < 4.78 is 0. The van der Waals surface area contributed by atoms with E-state index in [2.05, 4.69) is 30.2 Å². The summed E-state index contributed by atoms with van der Waals surface area (Å²) in [6, 6.07) is 0. The first-order chi connectivity index (χ1) is 7.88. The molecule has 0 unspecified atom stereocenters. The molecule has 0 amide bonds. The summed E-state index contributed by atoms with van der Waals surface area (Å²) in [7, 11) is 1.82. The molecule has 2 N–H and O–H groups in total. The van der Waals surface area contributed by atoms with Gasteiger partial charge in [0.05, 0.1) is 6.33 Å². The molecule has 0 aromatic carbocycles. The van der Waals surface area contributed by atoms with E-state index in [0.717, 1.165) is 30.1 Å². The monoisotopic (exact) mass is 218 g/mol. The molecule has 3 heterocycles. The Morgan fingerprint density at radius 2 is 2.12 bits per heavy atom. The van der Waals surface area contributed by atoms with Crippen LogP contribution in [0, 0.1) is 0 Å². The van der Waals surface area contributed by atoms with Gasteiger partial charge in [-0.05, 0) is 12.8 Å². The van der Waals surface area contributed by atoms with Crippen molar-refractivity contribution in [2.45, 2.75) is 12.8 Å². The Hall–Kier alpha value is -1.85. The highest BCUT2D eigenvalue weighted by Crippen LogP contribution is 2.25. The molecule has 6 nitrogen and oxygen atoms in total. The second-order valence-corrected chi connectivity index (χ2v) is 3.92. The van der Waals surface area contributed by atoms with Gasteiger partial charge in [-0.2, -0.15) is 9.97 Å². The van der Waals surface area contributed by atoms with Crippen molar-refractivity contribution in [3.8, 4) is 0 Å². The molecule has 1 saturated heterocycles. The number of rotatable bonds is 2. The zero-order chi connectivity index (χ0) is 11.0. The number of H-pyrrole nitrogens is 1. The van der Waals surface area contributed by atoms with Crippen molar-refractivity contribution in [2.24, 2.45) is 0 Å². The van der Waals surface area contributed by atoms with E-state index in [0.29, 0.717) is 5.95 Å². The van der Waals surface area contributed by atoms with Crippen molar-refractivity contribution in [2.75, 3.05) is 30.4 Å². The minimum Gasteiger partial charge on any atom is -0.357 e. The van der Waals surface area contributed by atoms with E-state index in [4.69, 9.17) is 0 Å². The maximum atomic E-state index is 4.51. The van der Waals surface area contributed by atoms with Crippen molar-refractivity contribution in [3.05, 3.63) is 6.33 Å². The lowest BCUT2D eigenvalue weighted by Gasteiger charge is -2.17. The first kappa shape index (κ1) is 9.38. The quantitative estimate of drug-likeness (QED) is 0.786. The zero-order valence-corrected chi connectivity index (χ0v) is 9.19. The number of hydrogen-bond donors (Lipinski definition) is 2. The number of aromatic nitrogens is 4. The Morgan fingerprint density at radius 1 is 1.31 bits per heavy atom. The van der Waals surface area contributed by atoms with E-state index in [-0.39, 0.29) is 0 Å². The number of nitrogens with one attached hydrogen (secondary N) is 2. The van der Waals surface area contributed by atoms with Crippen LogP contribution >= 0.6 is 0 Å². The van der Waals surface area contributed by atoms with Crippen molar-refractivity contribution < 1.29 is 0 Å². The molecule has 1 aliphatic heterocycles. The Kier molecular flexibility index (Phi) is 2.12. The van der Waals surface area contributed by atoms with Gasteiger partial charge in [-0.1, -0.05) is 0 Å². The smallest absolute Gasteiger partial charge is 0.226 e. The van der Waals surface area contributed by atoms with Gasteiger partial charge >= 0.3 is 0 Å². The molecule has 0 atom stereocenters. The molecule has 0 saturated carbocycles. The van der Waals surface area contributed by atoms with E-state index in [1.807, 2.05) is 7.05 Å². The van der Waals surface area contributed by atoms with Crippen molar-refractivity contribution in [1.82, 2.24) is 19.9 Å². The third-order valence-electron chi connectivity index (χ3n) is 2.90. The summed E-state index contributed by atoms with van der Waals surface area (Å²) in [6.07, 6.45) is 4.13. The van der Waals surface area contributed by atoms with Gasteiger partial charge < -0.3 is 15.2 Å². The topological polar surface area (TPSA) is 69.7 Å². The van der Waals surface area contributed by atoms with Crippen LogP contribution in [0.5, 0.6) is 0 Å². The SMILES string of the molecule is CNc1nc(N2CCCC2)c2[nH]cnc2n1. The van der Waals surface area contributed by atoms with Gasteiger partial charge in [0.15, 0.2) is 11.5 Å². The Labute approximate surface area is 93.1 Å². The predicted octanol–water partition coefficient (Wildman–Crippen LogP) is 0.995. The molecule has 0 spiro atoms. The second-order valence-electron chi connectivity index (χ2n) is 3.92. The molecule has 2 aromatic heterocycles. The second kappa shape index (κ2) is 3.62. The lowest BCUT2D eigenvalue weighted by atomic mass is 10.4. The van der Waals surface area contributed by atoms with Crippen LogP contribution in [-0.4, -0.2) is 40.1 Å². The molecule has 2 aromatic rings. The number of hydrogen-bond acceptors (Lipinski definition) is 5. The van der Waals surface area contributed by atoms with E-state index in [1.54, 1.807) is 6.33 Å². The molecule has 0 bridgehead atoms. The van der Waals surface area contributed by atoms with Gasteiger partial charge in [0, 0.05) is 20.1 Å². The van der Waals surface area contributed by atoms with Crippen molar-refractivity contribution in [3.63, 3.8) is 0 Å². The number of aromatic amines is 1. The maximum absolute atomic E-state index is 4.51. The molecular formula is C10H14N6. The fourth-order valence-electron chi connectivity index (χ4n) is 2.09. The van der Waals surface area contributed by atoms with Gasteiger partial charge in [-0.3, -0.25) is 0 Å². The van der Waals surface area contributed by atoms with E-state index in [1.165, 1.54) is 12.8 Å². The summed E-state index contributed by atoms with van der Waals surface area (Å²) in [6.45, 7) is 2.13. The molecular weight excluding hydrogens is 204 g/mol. The number of fused-ring (bicyclic) bond motifs is 1. The molecule has 1 aliphatic rings. The standard InChI is InChI=1S/C10H14N6/c1-11-10-14-8-7(12-6-13-8)9(15-10)16-4-2-3-5-16/h6H,2-5H2,1H3,(H2,11,12,13,14,15). The molecule has 0 aliphatic carbocycles. The molecule has 84 valence electrons. The summed E-state index contributed by atoms with van der Waals surface area (Å²) in [5, 5.41) is 2.97. The van der Waals surface area contributed by atoms with Gasteiger partial charge in [-0.25, -0.2) is 4.98 Å². The highest BCUT2D eigenvalue weighted by Gasteiger charge is 2.18. The van der Waals surface area contributed by atoms with Gasteiger partial charge in [-0.15, -0.1) is 0 Å². The number of anilines is 2. The molecule has 0 radical (unpaired) electrons. The number of nitrogens with zero attached hydrogens (tertiary/aromatic N) is 4. The summed E-state index contributed by atoms with van der Waals surface area (Å²) in [5.74, 6) is 1.59. The fourth-order valence-corrected chi connectivity index (χ4v) is 2.09. The predicted molar refractivity (Wildman–Crippen MR) is 62.7 cm³/mol. The highest BCUT2D eigenvalue weighted by atomic mass is 15.3. The number of imidazole rings is 1. The van der Waals surface area contributed by atoms with Crippen LogP contribution in [0.3, 0.4) is 0 Å². The van der Waals surface area contributed by atoms with Gasteiger partial charge in [0.2, 0.25) is 5.95 Å². The van der Waals surface area contributed by atoms with Crippen LogP contribution in [0.1, 0.15) is 12.8 Å². The average molecular weight is 218 g/mol. The van der Waals surface area contributed by atoms with E-state index >= 15 is 0 Å². The lowest BCUT2D eigenvalue weighted by molar-refractivity contribution is 0.937. The third kappa shape index (κ3) is 1.37. The minimum atomic E-state index is 0.626. The average Bonchev–Trinajstić information content (AvgIpc) is 2.98. The van der Waals surface area contributed by atoms with Gasteiger partial charge in [0.25, 0.3) is 0 Å². The maximum Gasteiger partial charge on any atom is 0.226 e. The van der Waals surface area contributed by atoms with Crippen molar-refractivity contribution in [1.29, 1.82) is 0 Å². The molecule has 1 fully saturated rings. The molecule has 16 heavy (non-hydrogen) atoms. The van der Waals surface area contributed by atoms with Crippen LogP contribution in [0.15, 0.2) is 6.33 Å². The minimum absolute atomic E-state index is 0.626. The van der Waals surface area contributed by atoms with E-state index in [9.17, 15) is 0 Å². The Bertz CT molecular complexity index is 499. The largest absolute Gasteiger partial charge is 0.357 e. The van der Waals surface area contributed by atoms with Crippen LogP contribution in [-0.2, 0) is 0 Å². The lowest BCUT2D eigenvalue weighted by Crippen LogP contribution is -2.20. The fraction of sp³-hybridized carbons (Fsp3) is 0.500. The summed E-state index contributed by atoms with van der Waals surface area (Å²) in [5.41, 5.74) is 1.65. The summed E-state index contributed by atoms with van der Waals surface area (Å²) >= 11 is 0. The van der Waals surface area contributed by atoms with Crippen LogP contribution in [0.4, 0.5) is 11.8 Å². The normalized spacial score (nSPS) is 15.9. The summed E-state index contributed by atoms with van der Waals surface area (Å²) in [4.78, 5) is 18.4. The zero-order valence-electron chi connectivity index (χ0n) is 9.19. The third-order valence-corrected chi connectivity index (χ3v) is 2.90. The van der Waals surface area contributed by atoms with E-state index < -0.39 is 0 Å². The highest BCUT2D eigenvalue weighted by molar-refractivity contribution is 5.84. The molecule has 6 heteroatoms. The Morgan fingerprint density at radius 3 is 2.88 bits per heavy atom. The first-order valence-electron chi connectivity index (χ1n) is 5.52. The Balaban J connectivity index is 2.15. The first-order valence-corrected chi connectivity index (χ1v) is 5.52. The van der Waals surface area contributed by atoms with Crippen LogP contribution in [0.2, 0.25) is 0 Å². The van der Waals surface area contributed by atoms with Crippen LogP contribution in [0.25, 0.3) is 11.2 Å².